The normalized spacial score (nSPS) is 13.8. The van der Waals surface area contributed by atoms with Gasteiger partial charge in [0.1, 0.15) is 11.6 Å². The number of ether oxygens (including phenoxy) is 2. The Labute approximate surface area is 141 Å². The zero-order valence-corrected chi connectivity index (χ0v) is 13.5. The number of hydrogen-bond acceptors (Lipinski definition) is 4. The molecule has 0 aromatic heterocycles. The Bertz CT molecular complexity index is 689. The van der Waals surface area contributed by atoms with Gasteiger partial charge in [0.15, 0.2) is 11.6 Å². The first-order chi connectivity index (χ1) is 11.8. The van der Waals surface area contributed by atoms with Gasteiger partial charge in [-0.2, -0.15) is 0 Å². The Morgan fingerprint density at radius 1 is 1.04 bits per heavy atom. The van der Waals surface area contributed by atoms with Crippen LogP contribution in [0.3, 0.4) is 0 Å². The summed E-state index contributed by atoms with van der Waals surface area (Å²) in [6.45, 7) is 2.59. The van der Waals surface area contributed by atoms with Crippen molar-refractivity contribution < 1.29 is 13.9 Å². The Kier molecular flexibility index (Phi) is 5.66. The maximum Gasteiger partial charge on any atom is 0.165 e. The summed E-state index contributed by atoms with van der Waals surface area (Å²) in [5, 5.41) is 3.18. The summed E-state index contributed by atoms with van der Waals surface area (Å²) in [5.74, 6) is 1.47. The van der Waals surface area contributed by atoms with Crippen molar-refractivity contribution in [2.75, 3.05) is 26.3 Å². The van der Waals surface area contributed by atoms with Gasteiger partial charge in [-0.15, -0.1) is 0 Å². The van der Waals surface area contributed by atoms with Crippen LogP contribution in [0.5, 0.6) is 11.5 Å². The first kappa shape index (κ1) is 16.3. The zero-order valence-electron chi connectivity index (χ0n) is 13.5. The third-order valence-corrected chi connectivity index (χ3v) is 3.66. The molecule has 0 atom stereocenters. The molecular formula is C19H21FN2O2. The summed E-state index contributed by atoms with van der Waals surface area (Å²) in [7, 11) is 0. The minimum absolute atomic E-state index is 0.259. The van der Waals surface area contributed by atoms with Gasteiger partial charge in [0.25, 0.3) is 0 Å². The molecule has 2 aromatic carbocycles. The summed E-state index contributed by atoms with van der Waals surface area (Å²) in [5.41, 5.74) is 0.756. The average molecular weight is 328 g/mol. The lowest BCUT2D eigenvalue weighted by Gasteiger charge is -2.15. The predicted octanol–water partition coefficient (Wildman–Crippen LogP) is 3.41. The van der Waals surface area contributed by atoms with Crippen molar-refractivity contribution in [2.45, 2.75) is 12.8 Å². The van der Waals surface area contributed by atoms with E-state index in [0.29, 0.717) is 19.6 Å². The van der Waals surface area contributed by atoms with Crippen LogP contribution >= 0.6 is 0 Å². The molecule has 0 saturated heterocycles. The fourth-order valence-corrected chi connectivity index (χ4v) is 2.44. The lowest BCUT2D eigenvalue weighted by atomic mass is 10.1. The molecule has 0 radical (unpaired) electrons. The van der Waals surface area contributed by atoms with E-state index in [1.807, 2.05) is 36.4 Å². The van der Waals surface area contributed by atoms with E-state index in [2.05, 4.69) is 10.3 Å². The van der Waals surface area contributed by atoms with Gasteiger partial charge in [-0.25, -0.2) is 4.39 Å². The van der Waals surface area contributed by atoms with Crippen LogP contribution in [0.4, 0.5) is 4.39 Å². The van der Waals surface area contributed by atoms with E-state index in [1.54, 1.807) is 6.07 Å². The van der Waals surface area contributed by atoms with Crippen molar-refractivity contribution in [2.24, 2.45) is 4.99 Å². The minimum atomic E-state index is -0.369. The summed E-state index contributed by atoms with van der Waals surface area (Å²) in [6.07, 6.45) is 1.70. The molecule has 0 bridgehead atoms. The minimum Gasteiger partial charge on any atom is -0.493 e. The maximum absolute atomic E-state index is 14.1. The second kappa shape index (κ2) is 8.34. The molecule has 4 nitrogen and oxygen atoms in total. The maximum atomic E-state index is 14.1. The summed E-state index contributed by atoms with van der Waals surface area (Å²) >= 11 is 0. The Balaban J connectivity index is 1.46. The number of hydrogen-bond donors (Lipinski definition) is 1. The highest BCUT2D eigenvalue weighted by Gasteiger charge is 2.11. The molecule has 0 fully saturated rings. The highest BCUT2D eigenvalue weighted by molar-refractivity contribution is 5.99. The van der Waals surface area contributed by atoms with Crippen molar-refractivity contribution in [1.82, 2.24) is 5.32 Å². The van der Waals surface area contributed by atoms with Gasteiger partial charge < -0.3 is 14.8 Å². The van der Waals surface area contributed by atoms with Crippen LogP contribution in [0, 0.1) is 5.82 Å². The van der Waals surface area contributed by atoms with Gasteiger partial charge in [0.05, 0.1) is 13.2 Å². The molecule has 1 aliphatic heterocycles. The number of rotatable bonds is 7. The zero-order chi connectivity index (χ0) is 16.6. The first-order valence-electron chi connectivity index (χ1n) is 8.22. The Hall–Kier alpha value is -2.56. The number of aliphatic imine (C=N–C) groups is 1. The predicted molar refractivity (Wildman–Crippen MR) is 92.5 cm³/mol. The van der Waals surface area contributed by atoms with Gasteiger partial charge in [0, 0.05) is 25.1 Å². The Morgan fingerprint density at radius 3 is 2.62 bits per heavy atom. The molecule has 1 N–H and O–H groups in total. The van der Waals surface area contributed by atoms with Crippen molar-refractivity contribution >= 4 is 5.84 Å². The quantitative estimate of drug-likeness (QED) is 0.792. The fourth-order valence-electron chi connectivity index (χ4n) is 2.44. The van der Waals surface area contributed by atoms with Gasteiger partial charge >= 0.3 is 0 Å². The standard InChI is InChI=1S/C19H21FN2O2/c20-17-14-15(19-21-10-4-11-22-19)8-9-18(17)24-13-5-12-23-16-6-2-1-3-7-16/h1-3,6-9,14H,4-5,10-13H2,(H,21,22). The highest BCUT2D eigenvalue weighted by Crippen LogP contribution is 2.19. The summed E-state index contributed by atoms with van der Waals surface area (Å²) in [6, 6.07) is 14.5. The van der Waals surface area contributed by atoms with Crippen LogP contribution in [-0.2, 0) is 0 Å². The molecule has 0 unspecified atom stereocenters. The van der Waals surface area contributed by atoms with Crippen molar-refractivity contribution in [3.8, 4) is 11.5 Å². The molecule has 1 heterocycles. The number of nitrogens with one attached hydrogen (secondary N) is 1. The molecule has 126 valence electrons. The molecular weight excluding hydrogens is 307 g/mol. The van der Waals surface area contributed by atoms with Crippen LogP contribution in [0.1, 0.15) is 18.4 Å². The molecule has 5 heteroatoms. The van der Waals surface area contributed by atoms with E-state index >= 15 is 0 Å². The van der Waals surface area contributed by atoms with Crippen LogP contribution in [0.2, 0.25) is 0 Å². The molecule has 0 aliphatic carbocycles. The number of halogens is 1. The SMILES string of the molecule is Fc1cc(C2=NCCCN2)ccc1OCCCOc1ccccc1. The third kappa shape index (κ3) is 4.47. The van der Waals surface area contributed by atoms with E-state index in [9.17, 15) is 4.39 Å². The summed E-state index contributed by atoms with van der Waals surface area (Å²) in [4.78, 5) is 4.37. The number of nitrogens with zero attached hydrogens (tertiary/aromatic N) is 1. The number of amidine groups is 1. The molecule has 24 heavy (non-hydrogen) atoms. The van der Waals surface area contributed by atoms with Crippen LogP contribution in [0.15, 0.2) is 53.5 Å². The van der Waals surface area contributed by atoms with E-state index in [-0.39, 0.29) is 11.6 Å². The van der Waals surface area contributed by atoms with Crippen LogP contribution < -0.4 is 14.8 Å². The molecule has 0 amide bonds. The van der Waals surface area contributed by atoms with E-state index in [1.165, 1.54) is 6.07 Å². The smallest absolute Gasteiger partial charge is 0.165 e. The lowest BCUT2D eigenvalue weighted by Crippen LogP contribution is -2.30. The third-order valence-electron chi connectivity index (χ3n) is 3.66. The van der Waals surface area contributed by atoms with Crippen LogP contribution in [-0.4, -0.2) is 32.1 Å². The number of para-hydroxylation sites is 1. The second-order valence-corrected chi connectivity index (χ2v) is 5.52. The van der Waals surface area contributed by atoms with Gasteiger partial charge in [-0.3, -0.25) is 4.99 Å². The molecule has 0 saturated carbocycles. The van der Waals surface area contributed by atoms with Crippen molar-refractivity contribution in [3.05, 3.63) is 59.9 Å². The van der Waals surface area contributed by atoms with Gasteiger partial charge in [0.2, 0.25) is 0 Å². The molecule has 1 aliphatic rings. The van der Waals surface area contributed by atoms with E-state index in [0.717, 1.165) is 36.7 Å². The van der Waals surface area contributed by atoms with Crippen molar-refractivity contribution in [3.63, 3.8) is 0 Å². The van der Waals surface area contributed by atoms with Crippen molar-refractivity contribution in [1.29, 1.82) is 0 Å². The topological polar surface area (TPSA) is 42.9 Å². The second-order valence-electron chi connectivity index (χ2n) is 5.52. The average Bonchev–Trinajstić information content (AvgIpc) is 2.64. The monoisotopic (exact) mass is 328 g/mol. The molecule has 3 rings (SSSR count). The number of benzene rings is 2. The van der Waals surface area contributed by atoms with Crippen LogP contribution in [0.25, 0.3) is 0 Å². The van der Waals surface area contributed by atoms with Gasteiger partial charge in [-0.1, -0.05) is 18.2 Å². The molecule has 2 aromatic rings. The summed E-state index contributed by atoms with van der Waals surface area (Å²) < 4.78 is 25.2. The first-order valence-corrected chi connectivity index (χ1v) is 8.22. The molecule has 0 spiro atoms. The Morgan fingerprint density at radius 2 is 1.88 bits per heavy atom. The van der Waals surface area contributed by atoms with E-state index < -0.39 is 0 Å². The largest absolute Gasteiger partial charge is 0.493 e. The van der Waals surface area contributed by atoms with Gasteiger partial charge in [-0.05, 0) is 36.8 Å². The van der Waals surface area contributed by atoms with E-state index in [4.69, 9.17) is 9.47 Å². The lowest BCUT2D eigenvalue weighted by molar-refractivity contribution is 0.241. The highest BCUT2D eigenvalue weighted by atomic mass is 19.1. The fraction of sp³-hybridized carbons (Fsp3) is 0.316.